The maximum absolute atomic E-state index is 5.81. The SMILES string of the molecule is N[C@@H]1CCc2cc(Cl)ncc21. The van der Waals surface area contributed by atoms with Gasteiger partial charge in [0, 0.05) is 12.2 Å². The standard InChI is InChI=1S/C8H9ClN2/c9-8-3-5-1-2-7(10)6(5)4-11-8/h3-4,7H,1-2,10H2/t7-/m1/s1. The molecule has 3 heteroatoms. The first-order valence-corrected chi connectivity index (χ1v) is 4.05. The fourth-order valence-corrected chi connectivity index (χ4v) is 1.68. The molecule has 0 amide bonds. The van der Waals surface area contributed by atoms with Gasteiger partial charge in [-0.25, -0.2) is 4.98 Å². The number of hydrogen-bond acceptors (Lipinski definition) is 2. The fraction of sp³-hybridized carbons (Fsp3) is 0.375. The Morgan fingerprint density at radius 3 is 3.27 bits per heavy atom. The van der Waals surface area contributed by atoms with Gasteiger partial charge in [0.25, 0.3) is 0 Å². The largest absolute Gasteiger partial charge is 0.324 e. The van der Waals surface area contributed by atoms with Crippen LogP contribution in [0.3, 0.4) is 0 Å². The highest BCUT2D eigenvalue weighted by Gasteiger charge is 2.18. The summed E-state index contributed by atoms with van der Waals surface area (Å²) < 4.78 is 0. The summed E-state index contributed by atoms with van der Waals surface area (Å²) >= 11 is 5.72. The summed E-state index contributed by atoms with van der Waals surface area (Å²) in [5.74, 6) is 0. The smallest absolute Gasteiger partial charge is 0.129 e. The molecule has 1 heterocycles. The average molecular weight is 169 g/mol. The van der Waals surface area contributed by atoms with Gasteiger partial charge in [0.1, 0.15) is 5.15 Å². The van der Waals surface area contributed by atoms with Crippen LogP contribution in [0, 0.1) is 0 Å². The third-order valence-corrected chi connectivity index (χ3v) is 2.32. The Balaban J connectivity index is 2.50. The number of fused-ring (bicyclic) bond motifs is 1. The van der Waals surface area contributed by atoms with Gasteiger partial charge in [0.05, 0.1) is 0 Å². The topological polar surface area (TPSA) is 38.9 Å². The predicted octanol–water partition coefficient (Wildman–Crippen LogP) is 1.68. The Labute approximate surface area is 70.4 Å². The molecule has 1 aromatic rings. The van der Waals surface area contributed by atoms with Gasteiger partial charge in [0.2, 0.25) is 0 Å². The van der Waals surface area contributed by atoms with E-state index in [2.05, 4.69) is 4.98 Å². The molecule has 0 aliphatic heterocycles. The summed E-state index contributed by atoms with van der Waals surface area (Å²) in [6.45, 7) is 0. The van der Waals surface area contributed by atoms with E-state index in [-0.39, 0.29) is 6.04 Å². The number of aryl methyl sites for hydroxylation is 1. The van der Waals surface area contributed by atoms with Crippen molar-refractivity contribution in [1.29, 1.82) is 0 Å². The van der Waals surface area contributed by atoms with Crippen LogP contribution in [0.1, 0.15) is 23.6 Å². The Kier molecular flexibility index (Phi) is 1.59. The van der Waals surface area contributed by atoms with Crippen molar-refractivity contribution in [3.05, 3.63) is 28.5 Å². The maximum Gasteiger partial charge on any atom is 0.129 e. The van der Waals surface area contributed by atoms with Crippen LogP contribution >= 0.6 is 11.6 Å². The van der Waals surface area contributed by atoms with Crippen LogP contribution in [0.25, 0.3) is 0 Å². The number of rotatable bonds is 0. The van der Waals surface area contributed by atoms with E-state index in [4.69, 9.17) is 17.3 Å². The molecule has 2 N–H and O–H groups in total. The number of halogens is 1. The second kappa shape index (κ2) is 2.47. The number of pyridine rings is 1. The molecule has 0 radical (unpaired) electrons. The first-order chi connectivity index (χ1) is 5.27. The van der Waals surface area contributed by atoms with Crippen molar-refractivity contribution in [3.8, 4) is 0 Å². The Morgan fingerprint density at radius 2 is 2.45 bits per heavy atom. The molecule has 0 aromatic carbocycles. The molecule has 1 aromatic heterocycles. The quantitative estimate of drug-likeness (QED) is 0.599. The lowest BCUT2D eigenvalue weighted by atomic mass is 10.1. The summed E-state index contributed by atoms with van der Waals surface area (Å²) in [5.41, 5.74) is 8.24. The van der Waals surface area contributed by atoms with Crippen molar-refractivity contribution in [2.45, 2.75) is 18.9 Å². The van der Waals surface area contributed by atoms with E-state index in [0.717, 1.165) is 18.4 Å². The third kappa shape index (κ3) is 1.12. The summed E-state index contributed by atoms with van der Waals surface area (Å²) in [5, 5.41) is 0.567. The van der Waals surface area contributed by atoms with Crippen molar-refractivity contribution in [2.75, 3.05) is 0 Å². The molecular formula is C8H9ClN2. The summed E-state index contributed by atoms with van der Waals surface area (Å²) in [7, 11) is 0. The lowest BCUT2D eigenvalue weighted by Gasteiger charge is -2.02. The fourth-order valence-electron chi connectivity index (χ4n) is 1.50. The molecule has 11 heavy (non-hydrogen) atoms. The van der Waals surface area contributed by atoms with Crippen molar-refractivity contribution in [3.63, 3.8) is 0 Å². The first kappa shape index (κ1) is 7.07. The van der Waals surface area contributed by atoms with Crippen molar-refractivity contribution in [1.82, 2.24) is 4.98 Å². The van der Waals surface area contributed by atoms with Gasteiger partial charge in [-0.3, -0.25) is 0 Å². The van der Waals surface area contributed by atoms with Crippen LogP contribution in [0.5, 0.6) is 0 Å². The minimum Gasteiger partial charge on any atom is -0.324 e. The summed E-state index contributed by atoms with van der Waals surface area (Å²) in [4.78, 5) is 3.99. The average Bonchev–Trinajstić information content (AvgIpc) is 2.32. The zero-order chi connectivity index (χ0) is 7.84. The third-order valence-electron chi connectivity index (χ3n) is 2.12. The van der Waals surface area contributed by atoms with Crippen LogP contribution in [-0.2, 0) is 6.42 Å². The Bertz CT molecular complexity index is 285. The van der Waals surface area contributed by atoms with Crippen molar-refractivity contribution >= 4 is 11.6 Å². The molecule has 0 spiro atoms. The van der Waals surface area contributed by atoms with Gasteiger partial charge in [0.15, 0.2) is 0 Å². The maximum atomic E-state index is 5.81. The number of nitrogens with two attached hydrogens (primary N) is 1. The lowest BCUT2D eigenvalue weighted by molar-refractivity contribution is 0.712. The Hall–Kier alpha value is -0.600. The second-order valence-electron chi connectivity index (χ2n) is 2.85. The second-order valence-corrected chi connectivity index (χ2v) is 3.24. The highest BCUT2D eigenvalue weighted by molar-refractivity contribution is 6.29. The number of nitrogens with zero attached hydrogens (tertiary/aromatic N) is 1. The van der Waals surface area contributed by atoms with E-state index in [1.165, 1.54) is 5.56 Å². The Morgan fingerprint density at radius 1 is 1.64 bits per heavy atom. The molecule has 2 rings (SSSR count). The molecule has 1 aliphatic rings. The molecule has 58 valence electrons. The van der Waals surface area contributed by atoms with Crippen LogP contribution < -0.4 is 5.73 Å². The zero-order valence-corrected chi connectivity index (χ0v) is 6.80. The van der Waals surface area contributed by atoms with Crippen molar-refractivity contribution < 1.29 is 0 Å². The minimum absolute atomic E-state index is 0.176. The van der Waals surface area contributed by atoms with E-state index in [9.17, 15) is 0 Å². The molecule has 0 saturated heterocycles. The highest BCUT2D eigenvalue weighted by atomic mass is 35.5. The van der Waals surface area contributed by atoms with E-state index in [0.29, 0.717) is 5.15 Å². The molecule has 0 bridgehead atoms. The first-order valence-electron chi connectivity index (χ1n) is 3.67. The van der Waals surface area contributed by atoms with Gasteiger partial charge >= 0.3 is 0 Å². The van der Waals surface area contributed by atoms with Gasteiger partial charge in [-0.15, -0.1) is 0 Å². The predicted molar refractivity (Wildman–Crippen MR) is 44.5 cm³/mol. The number of hydrogen-bond donors (Lipinski definition) is 1. The van der Waals surface area contributed by atoms with Gasteiger partial charge in [-0.1, -0.05) is 11.6 Å². The molecule has 0 fully saturated rings. The van der Waals surface area contributed by atoms with Gasteiger partial charge in [-0.2, -0.15) is 0 Å². The molecule has 2 nitrogen and oxygen atoms in total. The lowest BCUT2D eigenvalue weighted by Crippen LogP contribution is -2.05. The van der Waals surface area contributed by atoms with Gasteiger partial charge in [-0.05, 0) is 30.0 Å². The van der Waals surface area contributed by atoms with Crippen LogP contribution in [-0.4, -0.2) is 4.98 Å². The molecule has 0 saturated carbocycles. The van der Waals surface area contributed by atoms with Crippen LogP contribution in [0.2, 0.25) is 5.15 Å². The van der Waals surface area contributed by atoms with E-state index < -0.39 is 0 Å². The zero-order valence-electron chi connectivity index (χ0n) is 6.05. The molecular weight excluding hydrogens is 160 g/mol. The van der Waals surface area contributed by atoms with E-state index >= 15 is 0 Å². The summed E-state index contributed by atoms with van der Waals surface area (Å²) in [6, 6.07) is 2.08. The molecule has 1 aliphatic carbocycles. The van der Waals surface area contributed by atoms with Crippen molar-refractivity contribution in [2.24, 2.45) is 5.73 Å². The monoisotopic (exact) mass is 168 g/mol. The molecule has 1 atom stereocenters. The molecule has 0 unspecified atom stereocenters. The van der Waals surface area contributed by atoms with Gasteiger partial charge < -0.3 is 5.73 Å². The number of aromatic nitrogens is 1. The highest BCUT2D eigenvalue weighted by Crippen LogP contribution is 2.29. The van der Waals surface area contributed by atoms with Crippen LogP contribution in [0.15, 0.2) is 12.3 Å². The van der Waals surface area contributed by atoms with E-state index in [1.54, 1.807) is 6.20 Å². The van der Waals surface area contributed by atoms with Crippen LogP contribution in [0.4, 0.5) is 0 Å². The van der Waals surface area contributed by atoms with E-state index in [1.807, 2.05) is 6.07 Å². The minimum atomic E-state index is 0.176. The summed E-state index contributed by atoms with van der Waals surface area (Å²) in [6.07, 6.45) is 3.85. The normalized spacial score (nSPS) is 21.8.